The molecule has 0 radical (unpaired) electrons. The van der Waals surface area contributed by atoms with E-state index in [9.17, 15) is 14.4 Å². The van der Waals surface area contributed by atoms with Crippen molar-refractivity contribution in [2.24, 2.45) is 0 Å². The fraction of sp³-hybridized carbons (Fsp3) is 0.286. The molecule has 0 bridgehead atoms. The number of esters is 1. The number of benzene rings is 2. The van der Waals surface area contributed by atoms with Gasteiger partial charge in [-0.05, 0) is 47.9 Å². The number of rotatable bonds is 7. The molecule has 0 aromatic heterocycles. The summed E-state index contributed by atoms with van der Waals surface area (Å²) in [5.74, 6) is 0.255. The van der Waals surface area contributed by atoms with Crippen LogP contribution in [0.4, 0.5) is 5.69 Å². The molecule has 146 valence electrons. The molecule has 1 aliphatic rings. The summed E-state index contributed by atoms with van der Waals surface area (Å²) >= 11 is 0. The summed E-state index contributed by atoms with van der Waals surface area (Å²) in [6.45, 7) is -0.336. The van der Waals surface area contributed by atoms with E-state index in [-0.39, 0.29) is 24.7 Å². The van der Waals surface area contributed by atoms with Crippen molar-refractivity contribution in [2.45, 2.75) is 19.3 Å². The first-order chi connectivity index (χ1) is 13.5. The zero-order chi connectivity index (χ0) is 20.1. The van der Waals surface area contributed by atoms with Gasteiger partial charge < -0.3 is 19.5 Å². The fourth-order valence-corrected chi connectivity index (χ4v) is 2.99. The number of methoxy groups -OCH3 is 2. The maximum Gasteiger partial charge on any atom is 0.310 e. The number of ether oxygens (including phenoxy) is 3. The van der Waals surface area contributed by atoms with Crippen molar-refractivity contribution in [3.63, 3.8) is 0 Å². The van der Waals surface area contributed by atoms with Crippen LogP contribution in [0.3, 0.4) is 0 Å². The summed E-state index contributed by atoms with van der Waals surface area (Å²) in [6, 6.07) is 10.2. The van der Waals surface area contributed by atoms with Gasteiger partial charge in [0.2, 0.25) is 5.91 Å². The number of fused-ring (bicyclic) bond motifs is 1. The van der Waals surface area contributed by atoms with Gasteiger partial charge in [-0.3, -0.25) is 14.4 Å². The van der Waals surface area contributed by atoms with E-state index in [0.29, 0.717) is 35.5 Å². The summed E-state index contributed by atoms with van der Waals surface area (Å²) in [5.41, 5.74) is 2.77. The lowest BCUT2D eigenvalue weighted by Crippen LogP contribution is -2.20. The summed E-state index contributed by atoms with van der Waals surface area (Å²) in [7, 11) is 3.05. The molecular weight excluding hydrogens is 362 g/mol. The molecule has 0 spiro atoms. The van der Waals surface area contributed by atoms with E-state index in [0.717, 1.165) is 11.3 Å². The van der Waals surface area contributed by atoms with Gasteiger partial charge in [0.1, 0.15) is 0 Å². The average Bonchev–Trinajstić information content (AvgIpc) is 2.71. The van der Waals surface area contributed by atoms with Crippen molar-refractivity contribution in [3.05, 3.63) is 53.1 Å². The molecule has 0 aliphatic carbocycles. The Bertz CT molecular complexity index is 921. The highest BCUT2D eigenvalue weighted by Crippen LogP contribution is 2.28. The Labute approximate surface area is 162 Å². The number of amides is 1. The van der Waals surface area contributed by atoms with Crippen LogP contribution < -0.4 is 14.8 Å². The molecule has 7 nitrogen and oxygen atoms in total. The first-order valence-corrected chi connectivity index (χ1v) is 8.82. The Kier molecular flexibility index (Phi) is 5.93. The molecule has 0 atom stereocenters. The Morgan fingerprint density at radius 2 is 1.79 bits per heavy atom. The van der Waals surface area contributed by atoms with E-state index < -0.39 is 5.97 Å². The molecule has 3 rings (SSSR count). The summed E-state index contributed by atoms with van der Waals surface area (Å²) in [4.78, 5) is 35.8. The second-order valence-corrected chi connectivity index (χ2v) is 6.37. The van der Waals surface area contributed by atoms with Crippen LogP contribution in [-0.4, -0.2) is 38.5 Å². The highest BCUT2D eigenvalue weighted by molar-refractivity contribution is 6.00. The van der Waals surface area contributed by atoms with E-state index in [1.807, 2.05) is 0 Å². The smallest absolute Gasteiger partial charge is 0.310 e. The molecule has 0 fully saturated rings. The maximum absolute atomic E-state index is 12.3. The highest BCUT2D eigenvalue weighted by atomic mass is 16.5. The number of hydrogen-bond acceptors (Lipinski definition) is 6. The van der Waals surface area contributed by atoms with Crippen molar-refractivity contribution in [2.75, 3.05) is 26.1 Å². The van der Waals surface area contributed by atoms with Crippen molar-refractivity contribution >= 4 is 23.3 Å². The van der Waals surface area contributed by atoms with Crippen molar-refractivity contribution in [1.29, 1.82) is 0 Å². The standard InChI is InChI=1S/C21H21NO6/c1-26-18-7-3-13(9-19(18)27-2)10-21(25)28-12-17(23)15-4-6-16-14(11-15)5-8-20(24)22-16/h3-4,6-7,9,11H,5,8,10,12H2,1-2H3,(H,22,24). The predicted octanol–water partition coefficient (Wildman–Crippen LogP) is 2.56. The lowest BCUT2D eigenvalue weighted by atomic mass is 9.99. The average molecular weight is 383 g/mol. The predicted molar refractivity (Wildman–Crippen MR) is 102 cm³/mol. The number of nitrogens with one attached hydrogen (secondary N) is 1. The molecular formula is C21H21NO6. The lowest BCUT2D eigenvalue weighted by Gasteiger charge is -2.17. The van der Waals surface area contributed by atoms with Gasteiger partial charge in [-0.2, -0.15) is 0 Å². The number of carbonyl (C=O) groups excluding carboxylic acids is 3. The second-order valence-electron chi connectivity index (χ2n) is 6.37. The van der Waals surface area contributed by atoms with Crippen LogP contribution in [0.2, 0.25) is 0 Å². The lowest BCUT2D eigenvalue weighted by molar-refractivity contribution is -0.141. The molecule has 1 amide bonds. The molecule has 7 heteroatoms. The quantitative estimate of drug-likeness (QED) is 0.584. The van der Waals surface area contributed by atoms with Gasteiger partial charge in [0.25, 0.3) is 0 Å². The van der Waals surface area contributed by atoms with Crippen molar-refractivity contribution < 1.29 is 28.6 Å². The molecule has 1 heterocycles. The van der Waals surface area contributed by atoms with Gasteiger partial charge in [0.05, 0.1) is 20.6 Å². The fourth-order valence-electron chi connectivity index (χ4n) is 2.99. The van der Waals surface area contributed by atoms with Crippen molar-refractivity contribution in [1.82, 2.24) is 0 Å². The SMILES string of the molecule is COc1ccc(CC(=O)OCC(=O)c2ccc3c(c2)CCC(=O)N3)cc1OC. The molecule has 1 N–H and O–H groups in total. The van der Waals surface area contributed by atoms with Crippen LogP contribution in [0.25, 0.3) is 0 Å². The van der Waals surface area contributed by atoms with Crippen LogP contribution in [0, 0.1) is 0 Å². The number of Topliss-reactive ketones (excluding diaryl/α,β-unsaturated/α-hetero) is 1. The van der Waals surface area contributed by atoms with Crippen LogP contribution in [0.5, 0.6) is 11.5 Å². The van der Waals surface area contributed by atoms with Gasteiger partial charge in [0, 0.05) is 17.7 Å². The van der Waals surface area contributed by atoms with E-state index in [4.69, 9.17) is 14.2 Å². The van der Waals surface area contributed by atoms with Crippen molar-refractivity contribution in [3.8, 4) is 11.5 Å². The van der Waals surface area contributed by atoms with Gasteiger partial charge in [-0.1, -0.05) is 6.07 Å². The van der Waals surface area contributed by atoms with Crippen LogP contribution in [0.15, 0.2) is 36.4 Å². The van der Waals surface area contributed by atoms with Crippen LogP contribution in [0.1, 0.15) is 27.9 Å². The zero-order valence-electron chi connectivity index (χ0n) is 15.7. The van der Waals surface area contributed by atoms with Crippen LogP contribution in [-0.2, 0) is 27.2 Å². The van der Waals surface area contributed by atoms with Crippen LogP contribution >= 0.6 is 0 Å². The van der Waals surface area contributed by atoms with Gasteiger partial charge >= 0.3 is 5.97 Å². The van der Waals surface area contributed by atoms with E-state index >= 15 is 0 Å². The Morgan fingerprint density at radius 3 is 2.54 bits per heavy atom. The third-order valence-electron chi connectivity index (χ3n) is 4.48. The molecule has 0 unspecified atom stereocenters. The topological polar surface area (TPSA) is 90.9 Å². The first-order valence-electron chi connectivity index (χ1n) is 8.82. The van der Waals surface area contributed by atoms with E-state index in [1.54, 1.807) is 36.4 Å². The summed E-state index contributed by atoms with van der Waals surface area (Å²) in [6.07, 6.45) is 0.996. The Hall–Kier alpha value is -3.35. The van der Waals surface area contributed by atoms with Gasteiger partial charge in [0.15, 0.2) is 23.9 Å². The van der Waals surface area contributed by atoms with Gasteiger partial charge in [-0.15, -0.1) is 0 Å². The number of anilines is 1. The summed E-state index contributed by atoms with van der Waals surface area (Å²) in [5, 5.41) is 2.77. The third-order valence-corrected chi connectivity index (χ3v) is 4.48. The van der Waals surface area contributed by atoms with Gasteiger partial charge in [-0.25, -0.2) is 0 Å². The third kappa shape index (κ3) is 4.49. The molecule has 2 aromatic rings. The van der Waals surface area contributed by atoms with E-state index in [1.165, 1.54) is 14.2 Å². The molecule has 0 saturated heterocycles. The van der Waals surface area contributed by atoms with E-state index in [2.05, 4.69) is 5.32 Å². The monoisotopic (exact) mass is 383 g/mol. The second kappa shape index (κ2) is 8.56. The minimum absolute atomic E-state index is 0.0177. The Morgan fingerprint density at radius 1 is 1.00 bits per heavy atom. The highest BCUT2D eigenvalue weighted by Gasteiger charge is 2.18. The minimum atomic E-state index is -0.509. The Balaban J connectivity index is 1.57. The maximum atomic E-state index is 12.3. The minimum Gasteiger partial charge on any atom is -0.493 e. The number of aryl methyl sites for hydroxylation is 1. The number of ketones is 1. The summed E-state index contributed by atoms with van der Waals surface area (Å²) < 4.78 is 15.5. The normalized spacial score (nSPS) is 12.6. The molecule has 1 aliphatic heterocycles. The molecule has 2 aromatic carbocycles. The number of hydrogen-bond donors (Lipinski definition) is 1. The first kappa shape index (κ1) is 19.4. The largest absolute Gasteiger partial charge is 0.493 e. The zero-order valence-corrected chi connectivity index (χ0v) is 15.7. The molecule has 0 saturated carbocycles. The number of carbonyl (C=O) groups is 3. The molecule has 28 heavy (non-hydrogen) atoms.